The second-order valence-corrected chi connectivity index (χ2v) is 11.1. The molecule has 5 nitrogen and oxygen atoms in total. The minimum absolute atomic E-state index is 0.0643. The average Bonchev–Trinajstić information content (AvgIpc) is 2.94. The molecule has 0 amide bonds. The van der Waals surface area contributed by atoms with Gasteiger partial charge in [-0.15, -0.1) is 0 Å². The first kappa shape index (κ1) is 27.6. The first-order valence-electron chi connectivity index (χ1n) is 13.8. The van der Waals surface area contributed by atoms with E-state index in [9.17, 15) is 0 Å². The van der Waals surface area contributed by atoms with Crippen LogP contribution in [-0.2, 0) is 0 Å². The molecule has 2 aromatic carbocycles. The predicted octanol–water partition coefficient (Wildman–Crippen LogP) is 5.52. The Hall–Kier alpha value is -2.38. The second kappa shape index (κ2) is 13.4. The highest BCUT2D eigenvalue weighted by atomic mass is 32.1. The van der Waals surface area contributed by atoms with Crippen molar-refractivity contribution in [1.82, 2.24) is 15.1 Å². The van der Waals surface area contributed by atoms with Gasteiger partial charge in [-0.3, -0.25) is 4.90 Å². The van der Waals surface area contributed by atoms with Gasteiger partial charge in [-0.25, -0.2) is 4.39 Å². The van der Waals surface area contributed by atoms with Crippen LogP contribution in [0.1, 0.15) is 50.0 Å². The van der Waals surface area contributed by atoms with Crippen molar-refractivity contribution in [2.45, 2.75) is 50.5 Å². The van der Waals surface area contributed by atoms with E-state index < -0.39 is 0 Å². The van der Waals surface area contributed by atoms with Crippen molar-refractivity contribution >= 4 is 23.0 Å². The minimum Gasteiger partial charge on any atom is -0.495 e. The normalized spacial score (nSPS) is 18.8. The third-order valence-corrected chi connectivity index (χ3v) is 8.63. The number of hydrogen-bond donors (Lipinski definition) is 1. The summed E-state index contributed by atoms with van der Waals surface area (Å²) < 4.78 is 20.8. The first-order valence-corrected chi connectivity index (χ1v) is 14.2. The highest BCUT2D eigenvalue weighted by molar-refractivity contribution is 7.80. The number of piperazine rings is 1. The Kier molecular flexibility index (Phi) is 10.0. The fourth-order valence-corrected chi connectivity index (χ4v) is 6.18. The topological polar surface area (TPSA) is 31.0 Å². The standard InChI is InChI=1S/C30H43FN4OS/c1-33(2)30(37)32-29(23-11-5-4-6-12-23)25(24-13-7-8-14-26(24)31)17-18-34-19-21-35(22-20-34)27-15-9-10-16-28(27)36-3/h7-10,13-16,23,25,29H,4-6,11-12,17-22H2,1-3H3,(H,32,37)/t25-,29+/m1/s1. The SMILES string of the molecule is COc1ccccc1N1CCN(CC[C@H](c2ccccc2F)[C@@H](NC(=S)N(C)C)C2CCCCC2)CC1. The van der Waals surface area contributed by atoms with Gasteiger partial charge in [0.25, 0.3) is 0 Å². The molecule has 0 spiro atoms. The van der Waals surface area contributed by atoms with E-state index in [1.165, 1.54) is 32.1 Å². The van der Waals surface area contributed by atoms with Crippen molar-refractivity contribution in [2.75, 3.05) is 58.8 Å². The van der Waals surface area contributed by atoms with E-state index in [1.807, 2.05) is 43.3 Å². The van der Waals surface area contributed by atoms with Gasteiger partial charge in [-0.2, -0.15) is 0 Å². The van der Waals surface area contributed by atoms with Crippen molar-refractivity contribution in [3.8, 4) is 5.75 Å². The van der Waals surface area contributed by atoms with Crippen LogP contribution in [0.25, 0.3) is 0 Å². The summed E-state index contributed by atoms with van der Waals surface area (Å²) in [5.74, 6) is 1.38. The van der Waals surface area contributed by atoms with Crippen LogP contribution in [0.15, 0.2) is 48.5 Å². The lowest BCUT2D eigenvalue weighted by atomic mass is 9.75. The molecule has 7 heteroatoms. The quantitative estimate of drug-likeness (QED) is 0.434. The molecule has 2 atom stereocenters. The summed E-state index contributed by atoms with van der Waals surface area (Å²) in [7, 11) is 5.69. The molecule has 2 aromatic rings. The Labute approximate surface area is 228 Å². The van der Waals surface area contributed by atoms with Crippen LogP contribution in [0, 0.1) is 11.7 Å². The van der Waals surface area contributed by atoms with E-state index in [2.05, 4.69) is 27.2 Å². The molecule has 1 aliphatic carbocycles. The second-order valence-electron chi connectivity index (χ2n) is 10.7. The molecular weight excluding hydrogens is 483 g/mol. The van der Waals surface area contributed by atoms with Gasteiger partial charge in [-0.1, -0.05) is 49.6 Å². The average molecular weight is 527 g/mol. The van der Waals surface area contributed by atoms with Crippen LogP contribution in [0.2, 0.25) is 0 Å². The molecule has 1 N–H and O–H groups in total. The maximum Gasteiger partial charge on any atom is 0.168 e. The molecule has 1 saturated carbocycles. The van der Waals surface area contributed by atoms with Gasteiger partial charge < -0.3 is 19.9 Å². The molecule has 4 rings (SSSR count). The van der Waals surface area contributed by atoms with E-state index in [1.54, 1.807) is 19.2 Å². The number of ether oxygens (including phenoxy) is 1. The molecule has 1 heterocycles. The zero-order valence-corrected chi connectivity index (χ0v) is 23.5. The molecule has 1 aliphatic heterocycles. The molecule has 0 aromatic heterocycles. The fourth-order valence-electron chi connectivity index (χ4n) is 6.04. The summed E-state index contributed by atoms with van der Waals surface area (Å²) in [5, 5.41) is 4.43. The number of halogens is 1. The van der Waals surface area contributed by atoms with Gasteiger partial charge in [0.05, 0.1) is 12.8 Å². The number of rotatable bonds is 9. The Bertz CT molecular complexity index is 1000. The third kappa shape index (κ3) is 7.14. The number of methoxy groups -OCH3 is 1. The summed E-state index contributed by atoms with van der Waals surface area (Å²) in [4.78, 5) is 6.90. The smallest absolute Gasteiger partial charge is 0.168 e. The monoisotopic (exact) mass is 526 g/mol. The molecule has 0 bridgehead atoms. The lowest BCUT2D eigenvalue weighted by Gasteiger charge is -2.40. The lowest BCUT2D eigenvalue weighted by Crippen LogP contribution is -2.50. The molecule has 202 valence electrons. The fraction of sp³-hybridized carbons (Fsp3) is 0.567. The van der Waals surface area contributed by atoms with E-state index >= 15 is 4.39 Å². The number of anilines is 1. The zero-order valence-electron chi connectivity index (χ0n) is 22.7. The van der Waals surface area contributed by atoms with Crippen molar-refractivity contribution < 1.29 is 9.13 Å². The lowest BCUT2D eigenvalue weighted by molar-refractivity contribution is 0.212. The van der Waals surface area contributed by atoms with E-state index in [4.69, 9.17) is 17.0 Å². The van der Waals surface area contributed by atoms with Crippen LogP contribution in [0.4, 0.5) is 10.1 Å². The number of benzene rings is 2. The summed E-state index contributed by atoms with van der Waals surface area (Å²) in [6.07, 6.45) is 7.04. The van der Waals surface area contributed by atoms with Gasteiger partial charge >= 0.3 is 0 Å². The maximum absolute atomic E-state index is 15.2. The maximum atomic E-state index is 15.2. The predicted molar refractivity (Wildman–Crippen MR) is 155 cm³/mol. The molecule has 0 unspecified atom stereocenters. The zero-order chi connectivity index (χ0) is 26.2. The van der Waals surface area contributed by atoms with Crippen LogP contribution < -0.4 is 15.0 Å². The number of para-hydroxylation sites is 2. The van der Waals surface area contributed by atoms with Crippen LogP contribution in [0.5, 0.6) is 5.75 Å². The van der Waals surface area contributed by atoms with E-state index in [0.717, 1.165) is 61.3 Å². The Morgan fingerprint density at radius 1 is 1.03 bits per heavy atom. The number of hydrogen-bond acceptors (Lipinski definition) is 4. The molecule has 0 radical (unpaired) electrons. The molecule has 2 fully saturated rings. The van der Waals surface area contributed by atoms with Crippen molar-refractivity contribution in [3.63, 3.8) is 0 Å². The van der Waals surface area contributed by atoms with Crippen molar-refractivity contribution in [2.24, 2.45) is 5.92 Å². The highest BCUT2D eigenvalue weighted by Gasteiger charge is 2.34. The van der Waals surface area contributed by atoms with Gasteiger partial charge in [0, 0.05) is 52.2 Å². The summed E-state index contributed by atoms with van der Waals surface area (Å²) in [6, 6.07) is 15.7. The number of nitrogens with one attached hydrogen (secondary N) is 1. The number of thiocarbonyl (C=S) groups is 1. The number of nitrogens with zero attached hydrogens (tertiary/aromatic N) is 3. The molecular formula is C30H43FN4OS. The molecule has 2 aliphatic rings. The highest BCUT2D eigenvalue weighted by Crippen LogP contribution is 2.37. The third-order valence-electron chi connectivity index (χ3n) is 8.15. The van der Waals surface area contributed by atoms with Gasteiger partial charge in [0.15, 0.2) is 5.11 Å². The largest absolute Gasteiger partial charge is 0.495 e. The Morgan fingerprint density at radius 2 is 1.70 bits per heavy atom. The summed E-state index contributed by atoms with van der Waals surface area (Å²) in [6.45, 7) is 4.83. The summed E-state index contributed by atoms with van der Waals surface area (Å²) >= 11 is 5.71. The minimum atomic E-state index is -0.105. The Balaban J connectivity index is 1.48. The van der Waals surface area contributed by atoms with Gasteiger partial charge in [0.2, 0.25) is 0 Å². The Morgan fingerprint density at radius 3 is 2.38 bits per heavy atom. The van der Waals surface area contributed by atoms with Crippen molar-refractivity contribution in [3.05, 3.63) is 59.9 Å². The molecule has 1 saturated heterocycles. The summed E-state index contributed by atoms with van der Waals surface area (Å²) in [5.41, 5.74) is 1.98. The first-order chi connectivity index (χ1) is 18.0. The molecule has 37 heavy (non-hydrogen) atoms. The van der Waals surface area contributed by atoms with E-state index in [0.29, 0.717) is 5.92 Å². The van der Waals surface area contributed by atoms with Gasteiger partial charge in [-0.05, 0) is 67.7 Å². The van der Waals surface area contributed by atoms with Crippen molar-refractivity contribution in [1.29, 1.82) is 0 Å². The van der Waals surface area contributed by atoms with Crippen LogP contribution in [-0.4, -0.2) is 74.9 Å². The van der Waals surface area contributed by atoms with E-state index in [-0.39, 0.29) is 17.8 Å². The van der Waals surface area contributed by atoms with Gasteiger partial charge in [0.1, 0.15) is 11.6 Å². The van der Waals surface area contributed by atoms with Crippen LogP contribution >= 0.6 is 12.2 Å². The van der Waals surface area contributed by atoms with Crippen LogP contribution in [0.3, 0.4) is 0 Å².